The van der Waals surface area contributed by atoms with E-state index in [4.69, 9.17) is 5.84 Å². The average Bonchev–Trinajstić information content (AvgIpc) is 2.90. The highest BCUT2D eigenvalue weighted by Crippen LogP contribution is 2.29. The van der Waals surface area contributed by atoms with Gasteiger partial charge in [0.15, 0.2) is 5.82 Å². The number of benzene rings is 3. The fourth-order valence-corrected chi connectivity index (χ4v) is 5.94. The molecule has 0 unspecified atom stereocenters. The Balaban J connectivity index is 1.13. The molecule has 1 fully saturated rings. The lowest BCUT2D eigenvalue weighted by Gasteiger charge is -2.28. The third kappa shape index (κ3) is 5.37. The summed E-state index contributed by atoms with van der Waals surface area (Å²) in [7, 11) is -3.53. The van der Waals surface area contributed by atoms with Gasteiger partial charge in [0, 0.05) is 18.5 Å². The first-order chi connectivity index (χ1) is 17.0. The first-order valence-electron chi connectivity index (χ1n) is 12.0. The Morgan fingerprint density at radius 2 is 1.51 bits per heavy atom. The molecule has 4 aromatic rings. The van der Waals surface area contributed by atoms with Crippen LogP contribution in [0.15, 0.2) is 71.6 Å². The molecule has 1 aromatic heterocycles. The van der Waals surface area contributed by atoms with Gasteiger partial charge >= 0.3 is 0 Å². The summed E-state index contributed by atoms with van der Waals surface area (Å²) in [5, 5.41) is 6.20. The highest BCUT2D eigenvalue weighted by molar-refractivity contribution is 7.89. The maximum atomic E-state index is 12.8. The number of anilines is 2. The van der Waals surface area contributed by atoms with Gasteiger partial charge in [-0.25, -0.2) is 24.0 Å². The number of nitrogens with zero attached hydrogens (tertiary/aromatic N) is 2. The SMILES string of the molecule is NNc1nc(NC[C@H]2CC[C@H](CNS(=O)(=O)c3ccc4ccccc4c3)CC2)nc2ccccc12. The first kappa shape index (κ1) is 23.5. The van der Waals surface area contributed by atoms with E-state index >= 15 is 0 Å². The standard InChI is InChI=1S/C26H30N6O2S/c27-32-25-23-7-3-4-8-24(23)30-26(31-25)28-16-18-9-11-19(12-10-18)17-29-35(33,34)22-14-13-20-5-1-2-6-21(20)15-22/h1-8,13-15,18-19,29H,9-12,16-17,27H2,(H2,28,30,31,32)/t18-,19-. The molecule has 0 saturated heterocycles. The van der Waals surface area contributed by atoms with Crippen LogP contribution in [-0.4, -0.2) is 31.5 Å². The van der Waals surface area contributed by atoms with Gasteiger partial charge in [-0.15, -0.1) is 0 Å². The van der Waals surface area contributed by atoms with Gasteiger partial charge in [-0.2, -0.15) is 4.98 Å². The second-order valence-electron chi connectivity index (χ2n) is 9.19. The quantitative estimate of drug-likeness (QED) is 0.215. The minimum absolute atomic E-state index is 0.316. The highest BCUT2D eigenvalue weighted by Gasteiger charge is 2.23. The fourth-order valence-electron chi connectivity index (χ4n) is 4.79. The average molecular weight is 491 g/mol. The van der Waals surface area contributed by atoms with Gasteiger partial charge in [0.1, 0.15) is 0 Å². The number of hydrogen-bond donors (Lipinski definition) is 4. The molecule has 182 valence electrons. The Hall–Kier alpha value is -3.27. The fraction of sp³-hybridized carbons (Fsp3) is 0.308. The van der Waals surface area contributed by atoms with Crippen molar-refractivity contribution in [1.82, 2.24) is 14.7 Å². The molecule has 0 aliphatic heterocycles. The van der Waals surface area contributed by atoms with Crippen molar-refractivity contribution in [2.75, 3.05) is 23.8 Å². The number of nitrogens with one attached hydrogen (secondary N) is 3. The monoisotopic (exact) mass is 490 g/mol. The number of nitrogens with two attached hydrogens (primary N) is 1. The van der Waals surface area contributed by atoms with Gasteiger partial charge < -0.3 is 10.7 Å². The second-order valence-corrected chi connectivity index (χ2v) is 11.0. The summed E-state index contributed by atoms with van der Waals surface area (Å²) in [5.41, 5.74) is 3.49. The van der Waals surface area contributed by atoms with E-state index in [9.17, 15) is 8.42 Å². The van der Waals surface area contributed by atoms with Crippen LogP contribution >= 0.6 is 0 Å². The lowest BCUT2D eigenvalue weighted by molar-refractivity contribution is 0.284. The van der Waals surface area contributed by atoms with Crippen LogP contribution in [0.4, 0.5) is 11.8 Å². The van der Waals surface area contributed by atoms with Crippen molar-refractivity contribution < 1.29 is 8.42 Å². The lowest BCUT2D eigenvalue weighted by Crippen LogP contribution is -2.32. The Kier molecular flexibility index (Phi) is 6.81. The zero-order chi connectivity index (χ0) is 24.3. The minimum Gasteiger partial charge on any atom is -0.354 e. The molecule has 9 heteroatoms. The van der Waals surface area contributed by atoms with E-state index in [1.54, 1.807) is 12.1 Å². The zero-order valence-electron chi connectivity index (χ0n) is 19.4. The third-order valence-electron chi connectivity index (χ3n) is 6.85. The molecule has 0 atom stereocenters. The van der Waals surface area contributed by atoms with Gasteiger partial charge in [-0.1, -0.05) is 42.5 Å². The summed E-state index contributed by atoms with van der Waals surface area (Å²) in [5.74, 6) is 7.63. The second kappa shape index (κ2) is 10.2. The number of rotatable bonds is 8. The van der Waals surface area contributed by atoms with Crippen molar-refractivity contribution in [2.45, 2.75) is 30.6 Å². The predicted molar refractivity (Wildman–Crippen MR) is 140 cm³/mol. The largest absolute Gasteiger partial charge is 0.354 e. The molecule has 0 amide bonds. The molecule has 0 spiro atoms. The number of para-hydroxylation sites is 1. The van der Waals surface area contributed by atoms with Crippen molar-refractivity contribution in [1.29, 1.82) is 0 Å². The van der Waals surface area contributed by atoms with Crippen molar-refractivity contribution in [2.24, 2.45) is 17.7 Å². The number of nitrogen functional groups attached to an aromatic ring is 1. The molecule has 1 aliphatic carbocycles. The molecule has 1 aliphatic rings. The van der Waals surface area contributed by atoms with Gasteiger partial charge in [0.05, 0.1) is 10.4 Å². The number of sulfonamides is 1. The van der Waals surface area contributed by atoms with E-state index in [2.05, 4.69) is 25.4 Å². The maximum Gasteiger partial charge on any atom is 0.240 e. The predicted octanol–water partition coefficient (Wildman–Crippen LogP) is 4.27. The van der Waals surface area contributed by atoms with Crippen LogP contribution in [0.3, 0.4) is 0 Å². The molecular formula is C26H30N6O2S. The number of aromatic nitrogens is 2. The van der Waals surface area contributed by atoms with Crippen LogP contribution in [0, 0.1) is 11.8 Å². The summed E-state index contributed by atoms with van der Waals surface area (Å²) in [6, 6.07) is 20.8. The molecule has 3 aromatic carbocycles. The maximum absolute atomic E-state index is 12.8. The summed E-state index contributed by atoms with van der Waals surface area (Å²) >= 11 is 0. The van der Waals surface area contributed by atoms with Gasteiger partial charge in [0.25, 0.3) is 0 Å². The van der Waals surface area contributed by atoms with E-state index in [0.717, 1.165) is 53.9 Å². The molecular weight excluding hydrogens is 460 g/mol. The van der Waals surface area contributed by atoms with Crippen LogP contribution < -0.4 is 21.3 Å². The van der Waals surface area contributed by atoms with Crippen molar-refractivity contribution in [3.63, 3.8) is 0 Å². The molecule has 0 bridgehead atoms. The summed E-state index contributed by atoms with van der Waals surface area (Å²) in [6.45, 7) is 1.24. The Bertz CT molecular complexity index is 1430. The van der Waals surface area contributed by atoms with Crippen molar-refractivity contribution in [3.05, 3.63) is 66.7 Å². The molecule has 0 radical (unpaired) electrons. The van der Waals surface area contributed by atoms with Gasteiger partial charge in [0.2, 0.25) is 16.0 Å². The van der Waals surface area contributed by atoms with Gasteiger partial charge in [-0.05, 0) is 72.6 Å². The molecule has 1 saturated carbocycles. The Morgan fingerprint density at radius 1 is 0.829 bits per heavy atom. The van der Waals surface area contributed by atoms with E-state index in [-0.39, 0.29) is 0 Å². The van der Waals surface area contributed by atoms with E-state index in [1.165, 1.54) is 0 Å². The molecule has 5 rings (SSSR count). The van der Waals surface area contributed by atoms with Crippen LogP contribution in [-0.2, 0) is 10.0 Å². The Morgan fingerprint density at radius 3 is 2.29 bits per heavy atom. The molecule has 1 heterocycles. The van der Waals surface area contributed by atoms with E-state index in [1.807, 2.05) is 54.6 Å². The number of hydrazine groups is 1. The smallest absolute Gasteiger partial charge is 0.240 e. The highest BCUT2D eigenvalue weighted by atomic mass is 32.2. The number of fused-ring (bicyclic) bond motifs is 2. The summed E-state index contributed by atoms with van der Waals surface area (Å²) < 4.78 is 28.5. The molecule has 8 nitrogen and oxygen atoms in total. The topological polar surface area (TPSA) is 122 Å². The Labute approximate surface area is 205 Å². The van der Waals surface area contributed by atoms with Crippen molar-refractivity contribution in [3.8, 4) is 0 Å². The minimum atomic E-state index is -3.53. The van der Waals surface area contributed by atoms with Crippen LogP contribution in [0.25, 0.3) is 21.7 Å². The van der Waals surface area contributed by atoms with Crippen LogP contribution in [0.5, 0.6) is 0 Å². The zero-order valence-corrected chi connectivity index (χ0v) is 20.3. The van der Waals surface area contributed by atoms with E-state index < -0.39 is 10.0 Å². The summed E-state index contributed by atoms with van der Waals surface area (Å²) in [6.07, 6.45) is 4.04. The van der Waals surface area contributed by atoms with Crippen LogP contribution in [0.2, 0.25) is 0 Å². The van der Waals surface area contributed by atoms with E-state index in [0.29, 0.717) is 35.0 Å². The third-order valence-corrected chi connectivity index (χ3v) is 8.27. The summed E-state index contributed by atoms with van der Waals surface area (Å²) in [4.78, 5) is 9.40. The molecule has 5 N–H and O–H groups in total. The van der Waals surface area contributed by atoms with Gasteiger partial charge in [-0.3, -0.25) is 0 Å². The number of hydrogen-bond acceptors (Lipinski definition) is 7. The van der Waals surface area contributed by atoms with Crippen molar-refractivity contribution >= 4 is 43.5 Å². The normalized spacial score (nSPS) is 18.5. The lowest BCUT2D eigenvalue weighted by atomic mass is 9.82. The van der Waals surface area contributed by atoms with Crippen LogP contribution in [0.1, 0.15) is 25.7 Å². The molecule has 35 heavy (non-hydrogen) atoms. The first-order valence-corrected chi connectivity index (χ1v) is 13.5.